The molecule has 3 rings (SSSR count). The largest absolute Gasteiger partial charge is 0.345 e. The Bertz CT molecular complexity index is 965. The summed E-state index contributed by atoms with van der Waals surface area (Å²) in [5.74, 6) is -0.331. The zero-order chi connectivity index (χ0) is 18.4. The number of para-hydroxylation sites is 1. The summed E-state index contributed by atoms with van der Waals surface area (Å²) in [6.45, 7) is 1.93. The Kier molecular flexibility index (Phi) is 5.49. The molecule has 5 nitrogen and oxygen atoms in total. The van der Waals surface area contributed by atoms with E-state index < -0.39 is 0 Å². The first-order valence-corrected chi connectivity index (χ1v) is 8.47. The lowest BCUT2D eigenvalue weighted by Crippen LogP contribution is -2.27. The second-order valence-corrected chi connectivity index (χ2v) is 5.69. The molecule has 0 spiro atoms. The predicted octanol–water partition coefficient (Wildman–Crippen LogP) is 3.27. The number of hydrogen-bond acceptors (Lipinski definition) is 4. The van der Waals surface area contributed by atoms with Gasteiger partial charge in [-0.2, -0.15) is 0 Å². The molecule has 130 valence electrons. The molecular formula is C21H19N3O2. The summed E-state index contributed by atoms with van der Waals surface area (Å²) in [4.78, 5) is 32.5. The van der Waals surface area contributed by atoms with Crippen LogP contribution in [-0.2, 0) is 9.59 Å². The van der Waals surface area contributed by atoms with Crippen LogP contribution in [0, 0.1) is 0 Å². The van der Waals surface area contributed by atoms with E-state index in [0.717, 1.165) is 22.2 Å². The Labute approximate surface area is 151 Å². The second kappa shape index (κ2) is 8.16. The van der Waals surface area contributed by atoms with E-state index in [2.05, 4.69) is 10.3 Å². The number of hydrogen-bond donors (Lipinski definition) is 1. The fourth-order valence-corrected chi connectivity index (χ4v) is 2.86. The molecule has 2 heterocycles. The standard InChI is InChI=1S/C21H19N3O2/c1-2-16(18-11-10-15-7-3-4-8-17(15)24-18)20(21(26)23-13-14-25)19-9-5-6-12-22-19/h3-12,14H,2,13H2,1H3,(H,23,26)/b20-16-. The number of carbonyl (C=O) groups is 2. The lowest BCUT2D eigenvalue weighted by atomic mass is 9.97. The Balaban J connectivity index is 2.18. The summed E-state index contributed by atoms with van der Waals surface area (Å²) in [6, 6.07) is 17.2. The van der Waals surface area contributed by atoms with Gasteiger partial charge in [-0.1, -0.05) is 37.3 Å². The van der Waals surface area contributed by atoms with Gasteiger partial charge < -0.3 is 10.1 Å². The third kappa shape index (κ3) is 3.67. The first-order chi connectivity index (χ1) is 12.7. The average molecular weight is 345 g/mol. The van der Waals surface area contributed by atoms with E-state index in [1.54, 1.807) is 18.3 Å². The molecule has 0 saturated carbocycles. The third-order valence-corrected chi connectivity index (χ3v) is 4.06. The first-order valence-electron chi connectivity index (χ1n) is 8.47. The van der Waals surface area contributed by atoms with Crippen molar-refractivity contribution in [1.82, 2.24) is 15.3 Å². The van der Waals surface area contributed by atoms with Gasteiger partial charge in [-0.3, -0.25) is 9.78 Å². The van der Waals surface area contributed by atoms with Gasteiger partial charge in [0.15, 0.2) is 0 Å². The maximum absolute atomic E-state index is 12.7. The van der Waals surface area contributed by atoms with Crippen molar-refractivity contribution in [2.75, 3.05) is 6.54 Å². The molecule has 0 aliphatic heterocycles. The molecule has 2 aromatic heterocycles. The highest BCUT2D eigenvalue weighted by Gasteiger charge is 2.19. The van der Waals surface area contributed by atoms with Gasteiger partial charge in [-0.05, 0) is 36.3 Å². The van der Waals surface area contributed by atoms with Crippen LogP contribution in [0.4, 0.5) is 0 Å². The Morgan fingerprint density at radius 2 is 1.85 bits per heavy atom. The van der Waals surface area contributed by atoms with E-state index in [9.17, 15) is 9.59 Å². The van der Waals surface area contributed by atoms with Gasteiger partial charge in [-0.25, -0.2) is 4.98 Å². The van der Waals surface area contributed by atoms with Crippen LogP contribution in [0.3, 0.4) is 0 Å². The Morgan fingerprint density at radius 1 is 1.04 bits per heavy atom. The molecule has 5 heteroatoms. The molecule has 0 fully saturated rings. The first kappa shape index (κ1) is 17.5. The van der Waals surface area contributed by atoms with Crippen LogP contribution in [0.25, 0.3) is 22.0 Å². The molecule has 3 aromatic rings. The predicted molar refractivity (Wildman–Crippen MR) is 102 cm³/mol. The number of amides is 1. The van der Waals surface area contributed by atoms with Crippen LogP contribution in [0.1, 0.15) is 24.7 Å². The molecule has 0 unspecified atom stereocenters. The van der Waals surface area contributed by atoms with Crippen molar-refractivity contribution >= 4 is 34.2 Å². The van der Waals surface area contributed by atoms with Gasteiger partial charge in [0.1, 0.15) is 6.29 Å². The molecule has 26 heavy (non-hydrogen) atoms. The molecule has 0 atom stereocenters. The monoisotopic (exact) mass is 345 g/mol. The van der Waals surface area contributed by atoms with E-state index in [-0.39, 0.29) is 12.5 Å². The number of aldehydes is 1. The fourth-order valence-electron chi connectivity index (χ4n) is 2.86. The van der Waals surface area contributed by atoms with Gasteiger partial charge >= 0.3 is 0 Å². The number of fused-ring (bicyclic) bond motifs is 1. The maximum atomic E-state index is 12.7. The van der Waals surface area contributed by atoms with Crippen LogP contribution >= 0.6 is 0 Å². The van der Waals surface area contributed by atoms with E-state index in [1.807, 2.05) is 49.4 Å². The molecule has 0 saturated heterocycles. The van der Waals surface area contributed by atoms with Crippen LogP contribution in [0.15, 0.2) is 60.8 Å². The highest BCUT2D eigenvalue weighted by atomic mass is 16.2. The van der Waals surface area contributed by atoms with Crippen LogP contribution in [0.2, 0.25) is 0 Å². The number of pyridine rings is 2. The summed E-state index contributed by atoms with van der Waals surface area (Å²) < 4.78 is 0. The lowest BCUT2D eigenvalue weighted by molar-refractivity contribution is -0.117. The van der Waals surface area contributed by atoms with Crippen molar-refractivity contribution in [3.8, 4) is 0 Å². The highest BCUT2D eigenvalue weighted by molar-refractivity contribution is 6.26. The lowest BCUT2D eigenvalue weighted by Gasteiger charge is -2.14. The minimum absolute atomic E-state index is 0.0443. The van der Waals surface area contributed by atoms with Crippen molar-refractivity contribution in [3.63, 3.8) is 0 Å². The van der Waals surface area contributed by atoms with Crippen molar-refractivity contribution < 1.29 is 9.59 Å². The van der Waals surface area contributed by atoms with Gasteiger partial charge in [-0.15, -0.1) is 0 Å². The van der Waals surface area contributed by atoms with Crippen LogP contribution in [-0.4, -0.2) is 28.7 Å². The smallest absolute Gasteiger partial charge is 0.254 e. The number of allylic oxidation sites excluding steroid dienone is 1. The van der Waals surface area contributed by atoms with Gasteiger partial charge in [0.2, 0.25) is 0 Å². The van der Waals surface area contributed by atoms with Crippen molar-refractivity contribution in [3.05, 3.63) is 72.2 Å². The summed E-state index contributed by atoms with van der Waals surface area (Å²) in [6.07, 6.45) is 2.91. The Morgan fingerprint density at radius 3 is 2.58 bits per heavy atom. The molecule has 1 N–H and O–H groups in total. The number of rotatable bonds is 6. The van der Waals surface area contributed by atoms with E-state index in [1.165, 1.54) is 0 Å². The normalized spacial score (nSPS) is 11.7. The van der Waals surface area contributed by atoms with Crippen LogP contribution in [0.5, 0.6) is 0 Å². The van der Waals surface area contributed by atoms with Gasteiger partial charge in [0, 0.05) is 11.6 Å². The molecule has 0 bridgehead atoms. The summed E-state index contributed by atoms with van der Waals surface area (Å²) in [7, 11) is 0. The third-order valence-electron chi connectivity index (χ3n) is 4.06. The van der Waals surface area contributed by atoms with Crippen molar-refractivity contribution in [2.24, 2.45) is 0 Å². The quantitative estimate of drug-likeness (QED) is 0.550. The number of aromatic nitrogens is 2. The van der Waals surface area contributed by atoms with Gasteiger partial charge in [0.05, 0.1) is 29.0 Å². The minimum Gasteiger partial charge on any atom is -0.345 e. The molecule has 0 radical (unpaired) electrons. The summed E-state index contributed by atoms with van der Waals surface area (Å²) in [5, 5.41) is 3.66. The molecule has 1 amide bonds. The van der Waals surface area contributed by atoms with E-state index in [4.69, 9.17) is 4.98 Å². The number of nitrogens with one attached hydrogen (secondary N) is 1. The zero-order valence-corrected chi connectivity index (χ0v) is 14.5. The van der Waals surface area contributed by atoms with Crippen molar-refractivity contribution in [2.45, 2.75) is 13.3 Å². The summed E-state index contributed by atoms with van der Waals surface area (Å²) in [5.41, 5.74) is 3.39. The molecule has 0 aliphatic rings. The number of nitrogens with zero attached hydrogens (tertiary/aromatic N) is 2. The second-order valence-electron chi connectivity index (χ2n) is 5.69. The minimum atomic E-state index is -0.331. The fraction of sp³-hybridized carbons (Fsp3) is 0.143. The van der Waals surface area contributed by atoms with Crippen LogP contribution < -0.4 is 5.32 Å². The average Bonchev–Trinajstić information content (AvgIpc) is 2.70. The molecule has 1 aromatic carbocycles. The molecule has 0 aliphatic carbocycles. The van der Waals surface area contributed by atoms with Gasteiger partial charge in [0.25, 0.3) is 5.91 Å². The Hall–Kier alpha value is -3.34. The summed E-state index contributed by atoms with van der Waals surface area (Å²) >= 11 is 0. The zero-order valence-electron chi connectivity index (χ0n) is 14.5. The number of benzene rings is 1. The molecular weight excluding hydrogens is 326 g/mol. The topological polar surface area (TPSA) is 72.0 Å². The number of carbonyl (C=O) groups excluding carboxylic acids is 2. The van der Waals surface area contributed by atoms with Crippen molar-refractivity contribution in [1.29, 1.82) is 0 Å². The maximum Gasteiger partial charge on any atom is 0.254 e. The highest BCUT2D eigenvalue weighted by Crippen LogP contribution is 2.28. The van der Waals surface area contributed by atoms with E-state index in [0.29, 0.717) is 24.0 Å². The SMILES string of the molecule is CC/C(=C(/C(=O)NCC=O)c1ccccn1)c1ccc2ccccc2n1. The van der Waals surface area contributed by atoms with E-state index >= 15 is 0 Å².